The monoisotopic (exact) mass is 373 g/mol. The molecule has 0 bridgehead atoms. The van der Waals surface area contributed by atoms with E-state index in [9.17, 15) is 19.7 Å². The van der Waals surface area contributed by atoms with Crippen molar-refractivity contribution in [2.45, 2.75) is 13.3 Å². The van der Waals surface area contributed by atoms with Crippen molar-refractivity contribution in [3.05, 3.63) is 58.3 Å². The maximum atomic E-state index is 13.0. The van der Waals surface area contributed by atoms with E-state index < -0.39 is 16.8 Å². The summed E-state index contributed by atoms with van der Waals surface area (Å²) in [6.45, 7) is 2.08. The number of nitrogens with zero attached hydrogens (tertiary/aromatic N) is 2. The Hall–Kier alpha value is -3.33. The molecule has 142 valence electrons. The fourth-order valence-electron chi connectivity index (χ4n) is 2.57. The van der Waals surface area contributed by atoms with Crippen LogP contribution in [-0.4, -0.2) is 42.0 Å². The number of ether oxygens (including phenoxy) is 1. The number of nitro benzene ring substituents is 1. The van der Waals surface area contributed by atoms with Crippen LogP contribution in [-0.2, 0) is 9.53 Å². The van der Waals surface area contributed by atoms with Crippen LogP contribution in [0.25, 0.3) is 0 Å². The largest absolute Gasteiger partial charge is 0.466 e. The number of anilines is 1. The van der Waals surface area contributed by atoms with Crippen LogP contribution in [0.15, 0.2) is 42.6 Å². The number of rotatable bonds is 8. The van der Waals surface area contributed by atoms with Gasteiger partial charge in [0.05, 0.1) is 23.5 Å². The highest BCUT2D eigenvalue weighted by atomic mass is 16.6. The van der Waals surface area contributed by atoms with Gasteiger partial charge in [-0.05, 0) is 25.1 Å². The molecule has 27 heavy (non-hydrogen) atoms. The predicted molar refractivity (Wildman–Crippen MR) is 98.0 cm³/mol. The summed E-state index contributed by atoms with van der Waals surface area (Å²) in [6, 6.07) is 9.31. The minimum Gasteiger partial charge on any atom is -0.466 e. The molecule has 2 aromatic rings. The molecule has 1 aromatic heterocycles. The van der Waals surface area contributed by atoms with Crippen molar-refractivity contribution in [2.24, 2.45) is 0 Å². The molecule has 1 amide bonds. The van der Waals surface area contributed by atoms with Gasteiger partial charge in [0.1, 0.15) is 12.2 Å². The molecule has 9 heteroatoms. The van der Waals surface area contributed by atoms with Gasteiger partial charge >= 0.3 is 11.9 Å². The van der Waals surface area contributed by atoms with Gasteiger partial charge in [-0.25, -0.2) is 14.7 Å². The van der Waals surface area contributed by atoms with E-state index in [1.807, 2.05) is 0 Å². The molecule has 9 nitrogen and oxygen atoms in total. The van der Waals surface area contributed by atoms with Gasteiger partial charge < -0.3 is 10.1 Å². The van der Waals surface area contributed by atoms with Crippen LogP contribution >= 0.6 is 0 Å². The number of hydrogen-bond donors (Lipinski definition) is 2. The van der Waals surface area contributed by atoms with Crippen molar-refractivity contribution in [3.8, 4) is 0 Å². The summed E-state index contributed by atoms with van der Waals surface area (Å²) in [6.07, 6.45) is 1.56. The number of carbonyl (C=O) groups excluding carboxylic acids is 2. The van der Waals surface area contributed by atoms with Crippen LogP contribution in [0, 0.1) is 10.1 Å². The van der Waals surface area contributed by atoms with Crippen LogP contribution in [0.1, 0.15) is 23.7 Å². The zero-order valence-electron chi connectivity index (χ0n) is 15.1. The highest BCUT2D eigenvalue weighted by Crippen LogP contribution is 2.24. The molecule has 0 aliphatic rings. The lowest BCUT2D eigenvalue weighted by molar-refractivity contribution is -0.743. The maximum Gasteiger partial charge on any atom is 0.350 e. The molecule has 0 saturated carbocycles. The second-order valence-electron chi connectivity index (χ2n) is 5.57. The quantitative estimate of drug-likeness (QED) is 0.407. The molecule has 1 atom stereocenters. The predicted octanol–water partition coefficient (Wildman–Crippen LogP) is 1.34. The lowest BCUT2D eigenvalue weighted by atomic mass is 10.1. The second kappa shape index (κ2) is 9.39. The Balaban J connectivity index is 2.34. The summed E-state index contributed by atoms with van der Waals surface area (Å²) in [7, 11) is 1.56. The molecule has 1 heterocycles. The Morgan fingerprint density at radius 1 is 1.30 bits per heavy atom. The van der Waals surface area contributed by atoms with Crippen molar-refractivity contribution < 1.29 is 24.1 Å². The Bertz CT molecular complexity index is 826. The van der Waals surface area contributed by atoms with Gasteiger partial charge in [0.15, 0.2) is 0 Å². The van der Waals surface area contributed by atoms with Crippen molar-refractivity contribution >= 4 is 29.1 Å². The molecule has 0 fully saturated rings. The van der Waals surface area contributed by atoms with Crippen LogP contribution in [0.5, 0.6) is 0 Å². The smallest absolute Gasteiger partial charge is 0.350 e. The first-order valence-corrected chi connectivity index (χ1v) is 8.41. The molecule has 2 rings (SSSR count). The van der Waals surface area contributed by atoms with E-state index >= 15 is 0 Å². The topological polar surface area (TPSA) is 116 Å². The summed E-state index contributed by atoms with van der Waals surface area (Å²) in [5, 5.41) is 14.0. The summed E-state index contributed by atoms with van der Waals surface area (Å²) < 4.78 is 4.91. The van der Waals surface area contributed by atoms with E-state index in [0.717, 1.165) is 0 Å². The Morgan fingerprint density at radius 3 is 2.67 bits per heavy atom. The summed E-state index contributed by atoms with van der Waals surface area (Å²) in [5.74, 6) is -0.411. The van der Waals surface area contributed by atoms with Gasteiger partial charge in [0.25, 0.3) is 5.69 Å². The molecule has 0 spiro atoms. The fraction of sp³-hybridized carbons (Fsp3) is 0.278. The number of amides is 1. The third-order valence-corrected chi connectivity index (χ3v) is 3.86. The van der Waals surface area contributed by atoms with E-state index in [-0.39, 0.29) is 30.8 Å². The first kappa shape index (κ1) is 20.0. The number of quaternary nitrogens is 1. The Kier molecular flexibility index (Phi) is 6.95. The highest BCUT2D eigenvalue weighted by molar-refractivity contribution is 5.90. The first-order valence-electron chi connectivity index (χ1n) is 8.41. The lowest BCUT2D eigenvalue weighted by Gasteiger charge is -2.15. The van der Waals surface area contributed by atoms with E-state index in [1.54, 1.807) is 38.4 Å². The van der Waals surface area contributed by atoms with E-state index in [1.165, 1.54) is 18.2 Å². The second-order valence-corrected chi connectivity index (χ2v) is 5.57. The molecule has 2 N–H and O–H groups in total. The number of hydrogen-bond acceptors (Lipinski definition) is 7. The van der Waals surface area contributed by atoms with E-state index in [4.69, 9.17) is 4.74 Å². The van der Waals surface area contributed by atoms with E-state index in [2.05, 4.69) is 10.3 Å². The van der Waals surface area contributed by atoms with Gasteiger partial charge in [-0.15, -0.1) is 0 Å². The molecular weight excluding hydrogens is 352 g/mol. The van der Waals surface area contributed by atoms with Crippen LogP contribution in [0.4, 0.5) is 17.2 Å². The van der Waals surface area contributed by atoms with Gasteiger partial charge in [0, 0.05) is 25.4 Å². The molecule has 1 aromatic carbocycles. The number of aromatic nitrogens is 1. The minimum absolute atomic E-state index is 0.0161. The van der Waals surface area contributed by atoms with Gasteiger partial charge in [-0.2, -0.15) is 0 Å². The summed E-state index contributed by atoms with van der Waals surface area (Å²) in [4.78, 5) is 39.9. The van der Waals surface area contributed by atoms with Gasteiger partial charge in [-0.1, -0.05) is 6.07 Å². The lowest BCUT2D eigenvalue weighted by Crippen LogP contribution is -3.10. The molecule has 0 saturated heterocycles. The number of carbonyl (C=O) groups is 2. The number of benzene rings is 1. The average molecular weight is 373 g/mol. The zero-order valence-corrected chi connectivity index (χ0v) is 15.1. The van der Waals surface area contributed by atoms with Gasteiger partial charge in [-0.3, -0.25) is 14.9 Å². The van der Waals surface area contributed by atoms with Crippen LogP contribution in [0.2, 0.25) is 0 Å². The van der Waals surface area contributed by atoms with Gasteiger partial charge in [0.2, 0.25) is 5.82 Å². The van der Waals surface area contributed by atoms with Crippen molar-refractivity contribution in [3.63, 3.8) is 0 Å². The van der Waals surface area contributed by atoms with Crippen LogP contribution < -0.4 is 10.2 Å². The Labute approximate surface area is 156 Å². The van der Waals surface area contributed by atoms with E-state index in [0.29, 0.717) is 16.4 Å². The molecular formula is C18H21N4O5+. The van der Waals surface area contributed by atoms with Crippen molar-refractivity contribution in [2.75, 3.05) is 25.5 Å². The minimum atomic E-state index is -0.554. The standard InChI is InChI=1S/C18H20N4O5/c1-3-27-17(23)9-11-21(16-6-4-5-10-20-16)18(24)13-7-8-14(19-2)15(12-13)22(25)26/h4-8,10,12,19H,3,9,11H2,1-2H3/p+1. The normalized spacial score (nSPS) is 11.5. The molecule has 0 aliphatic heterocycles. The van der Waals surface area contributed by atoms with Crippen molar-refractivity contribution in [1.82, 2.24) is 4.98 Å². The molecule has 1 unspecified atom stereocenters. The third kappa shape index (κ3) is 5.08. The molecule has 0 aliphatic carbocycles. The number of nitrogens with one attached hydrogen (secondary N) is 2. The SMILES string of the molecule is CCOC(=O)CC[NH+](C(=O)c1ccc(NC)c([N+](=O)[O-])c1)c1ccccn1. The molecule has 0 radical (unpaired) electrons. The highest BCUT2D eigenvalue weighted by Gasteiger charge is 2.28. The first-order chi connectivity index (χ1) is 13.0. The summed E-state index contributed by atoms with van der Waals surface area (Å²) >= 11 is 0. The fourth-order valence-corrected chi connectivity index (χ4v) is 2.57. The number of nitro groups is 1. The zero-order chi connectivity index (χ0) is 19.8. The van der Waals surface area contributed by atoms with Crippen molar-refractivity contribution in [1.29, 1.82) is 0 Å². The maximum absolute atomic E-state index is 13.0. The average Bonchev–Trinajstić information content (AvgIpc) is 2.68. The Morgan fingerprint density at radius 2 is 2.07 bits per heavy atom. The third-order valence-electron chi connectivity index (χ3n) is 3.86. The number of esters is 1. The summed E-state index contributed by atoms with van der Waals surface area (Å²) in [5.41, 5.74) is 0.266. The number of pyridine rings is 1. The van der Waals surface area contributed by atoms with Crippen LogP contribution in [0.3, 0.4) is 0 Å².